The molecule has 0 aromatic rings. The first-order valence-corrected chi connectivity index (χ1v) is 13.0. The number of hydrogen-bond acceptors (Lipinski definition) is 5. The van der Waals surface area contributed by atoms with Gasteiger partial charge < -0.3 is 11.5 Å². The maximum atomic E-state index is 11.6. The molecule has 168 valence electrons. The molecule has 4 N–H and O–H groups in total. The summed E-state index contributed by atoms with van der Waals surface area (Å²) in [4.78, 5) is 0. The van der Waals surface area contributed by atoms with Crippen molar-refractivity contribution >= 4 is 8.25 Å². The molecule has 0 unspecified atom stereocenters. The largest absolute Gasteiger partial charge is 0.697 e. The molecule has 0 bridgehead atoms. The maximum absolute atomic E-state index is 11.6. The second kappa shape index (κ2) is 25.0. The molecule has 0 aliphatic rings. The van der Waals surface area contributed by atoms with Gasteiger partial charge in [0.15, 0.2) is 0 Å². The highest BCUT2D eigenvalue weighted by Crippen LogP contribution is 2.25. The van der Waals surface area contributed by atoms with E-state index in [4.69, 9.17) is 20.5 Å². The minimum absolute atomic E-state index is 0.551. The lowest BCUT2D eigenvalue weighted by molar-refractivity contribution is 0.218. The summed E-state index contributed by atoms with van der Waals surface area (Å²) in [5, 5.41) is 0. The molecule has 0 aromatic heterocycles. The summed E-state index contributed by atoms with van der Waals surface area (Å²) in [5.74, 6) is 0. The number of rotatable bonds is 24. The first-order valence-electron chi connectivity index (χ1n) is 11.9. The summed E-state index contributed by atoms with van der Waals surface area (Å²) in [7, 11) is -1.92. The lowest BCUT2D eigenvalue weighted by Gasteiger charge is -2.01. The number of hydrogen-bond donors (Lipinski definition) is 2. The van der Waals surface area contributed by atoms with Gasteiger partial charge in [-0.2, -0.15) is 0 Å². The molecule has 0 amide bonds. The quantitative estimate of drug-likeness (QED) is 0.136. The minimum atomic E-state index is -1.92. The third-order valence-electron chi connectivity index (χ3n) is 5.09. The van der Waals surface area contributed by atoms with Crippen LogP contribution in [0.1, 0.15) is 116 Å². The van der Waals surface area contributed by atoms with Crippen LogP contribution in [-0.4, -0.2) is 26.3 Å². The van der Waals surface area contributed by atoms with E-state index in [0.29, 0.717) is 13.2 Å². The number of nitrogens with two attached hydrogens (primary N) is 2. The Morgan fingerprint density at radius 2 is 0.679 bits per heavy atom. The summed E-state index contributed by atoms with van der Waals surface area (Å²) in [6.07, 6.45) is 22.1. The fourth-order valence-electron chi connectivity index (χ4n) is 3.28. The van der Waals surface area contributed by atoms with Gasteiger partial charge in [-0.1, -0.05) is 89.9 Å². The van der Waals surface area contributed by atoms with E-state index in [2.05, 4.69) is 0 Å². The fourth-order valence-corrected chi connectivity index (χ4v) is 3.91. The Kier molecular flexibility index (Phi) is 24.9. The van der Waals surface area contributed by atoms with Crippen molar-refractivity contribution in [1.29, 1.82) is 0 Å². The molecule has 0 spiro atoms. The van der Waals surface area contributed by atoms with Crippen molar-refractivity contribution in [3.63, 3.8) is 0 Å². The molecule has 0 heterocycles. The monoisotopic (exact) mass is 419 g/mol. The number of unbranched alkanes of at least 4 members (excludes halogenated alkanes) is 16. The highest BCUT2D eigenvalue weighted by Gasteiger charge is 2.18. The van der Waals surface area contributed by atoms with Crippen molar-refractivity contribution < 1.29 is 13.6 Å². The molecule has 0 saturated heterocycles. The highest BCUT2D eigenvalue weighted by molar-refractivity contribution is 7.33. The van der Waals surface area contributed by atoms with Crippen LogP contribution in [0.3, 0.4) is 0 Å². The van der Waals surface area contributed by atoms with Gasteiger partial charge in [0.1, 0.15) is 13.2 Å². The molecule has 0 aliphatic heterocycles. The minimum Gasteiger partial charge on any atom is -0.330 e. The van der Waals surface area contributed by atoms with Crippen molar-refractivity contribution in [3.8, 4) is 0 Å². The molecular formula is C22H48N2O3P+. The van der Waals surface area contributed by atoms with Crippen molar-refractivity contribution in [2.45, 2.75) is 116 Å². The van der Waals surface area contributed by atoms with Crippen LogP contribution in [0.2, 0.25) is 0 Å². The second-order valence-electron chi connectivity index (χ2n) is 7.83. The Morgan fingerprint density at radius 3 is 0.964 bits per heavy atom. The molecule has 0 aliphatic carbocycles. The van der Waals surface area contributed by atoms with Gasteiger partial charge in [0.05, 0.1) is 0 Å². The average Bonchev–Trinajstić information content (AvgIpc) is 2.70. The zero-order chi connectivity index (χ0) is 20.5. The lowest BCUT2D eigenvalue weighted by atomic mass is 10.1. The van der Waals surface area contributed by atoms with E-state index >= 15 is 0 Å². The van der Waals surface area contributed by atoms with Crippen LogP contribution in [0.5, 0.6) is 0 Å². The van der Waals surface area contributed by atoms with Gasteiger partial charge in [-0.25, -0.2) is 0 Å². The normalized spacial score (nSPS) is 11.2. The van der Waals surface area contributed by atoms with Crippen LogP contribution in [0.15, 0.2) is 0 Å². The second-order valence-corrected chi connectivity index (χ2v) is 8.79. The maximum Gasteiger partial charge on any atom is 0.697 e. The Morgan fingerprint density at radius 1 is 0.429 bits per heavy atom. The van der Waals surface area contributed by atoms with Gasteiger partial charge in [0, 0.05) is 4.57 Å². The predicted octanol–water partition coefficient (Wildman–Crippen LogP) is 6.62. The van der Waals surface area contributed by atoms with Gasteiger partial charge in [-0.3, -0.25) is 0 Å². The van der Waals surface area contributed by atoms with Crippen LogP contribution < -0.4 is 11.5 Å². The third-order valence-corrected chi connectivity index (χ3v) is 5.88. The van der Waals surface area contributed by atoms with E-state index in [1.165, 1.54) is 77.0 Å². The summed E-state index contributed by atoms with van der Waals surface area (Å²) < 4.78 is 22.2. The van der Waals surface area contributed by atoms with Crippen molar-refractivity contribution in [3.05, 3.63) is 0 Å². The van der Waals surface area contributed by atoms with E-state index in [1.54, 1.807) is 0 Å². The van der Waals surface area contributed by atoms with Crippen molar-refractivity contribution in [1.82, 2.24) is 0 Å². The summed E-state index contributed by atoms with van der Waals surface area (Å²) >= 11 is 0. The topological polar surface area (TPSA) is 87.6 Å². The fraction of sp³-hybridized carbons (Fsp3) is 1.00. The molecule has 0 fully saturated rings. The van der Waals surface area contributed by atoms with Crippen LogP contribution in [-0.2, 0) is 13.6 Å². The summed E-state index contributed by atoms with van der Waals surface area (Å²) in [5.41, 5.74) is 11.0. The zero-order valence-electron chi connectivity index (χ0n) is 18.4. The van der Waals surface area contributed by atoms with Gasteiger partial charge in [-0.05, 0) is 38.8 Å². The lowest BCUT2D eigenvalue weighted by Crippen LogP contribution is -1.97. The predicted molar refractivity (Wildman–Crippen MR) is 121 cm³/mol. The van der Waals surface area contributed by atoms with Crippen LogP contribution in [0.25, 0.3) is 0 Å². The average molecular weight is 420 g/mol. The summed E-state index contributed by atoms with van der Waals surface area (Å²) in [6, 6.07) is 0. The first kappa shape index (κ1) is 27.9. The third kappa shape index (κ3) is 24.0. The Hall–Kier alpha value is -0.0600. The van der Waals surface area contributed by atoms with E-state index in [9.17, 15) is 4.57 Å². The van der Waals surface area contributed by atoms with Crippen molar-refractivity contribution in [2.75, 3.05) is 26.3 Å². The molecule has 5 nitrogen and oxygen atoms in total. The molecule has 6 heteroatoms. The van der Waals surface area contributed by atoms with Crippen LogP contribution in [0.4, 0.5) is 0 Å². The van der Waals surface area contributed by atoms with Crippen LogP contribution >= 0.6 is 8.25 Å². The first-order chi connectivity index (χ1) is 13.8. The molecule has 0 aromatic carbocycles. The summed E-state index contributed by atoms with van der Waals surface area (Å²) in [6.45, 7) is 2.75. The highest BCUT2D eigenvalue weighted by atomic mass is 31.1. The van der Waals surface area contributed by atoms with Gasteiger partial charge in [0.2, 0.25) is 0 Å². The molecule has 0 rings (SSSR count). The molecule has 28 heavy (non-hydrogen) atoms. The molecular weight excluding hydrogens is 371 g/mol. The Bertz CT molecular complexity index is 292. The smallest absolute Gasteiger partial charge is 0.330 e. The van der Waals surface area contributed by atoms with E-state index < -0.39 is 8.25 Å². The molecule has 0 saturated carbocycles. The van der Waals surface area contributed by atoms with Gasteiger partial charge >= 0.3 is 8.25 Å². The van der Waals surface area contributed by atoms with Gasteiger partial charge in [-0.15, -0.1) is 9.05 Å². The standard InChI is InChI=1S/C22H48N2O3P/c23-19-15-11-7-3-1-5-9-13-17-21-26-28(25)27-22-18-14-10-6-2-4-8-12-16-20-24/h1-24H2/q+1. The Labute approximate surface area is 175 Å². The van der Waals surface area contributed by atoms with Gasteiger partial charge in [0.25, 0.3) is 0 Å². The SMILES string of the molecule is NCCCCCCCCCCCO[P+](=O)OCCCCCCCCCCCN. The molecule has 0 radical (unpaired) electrons. The van der Waals surface area contributed by atoms with Crippen molar-refractivity contribution in [2.24, 2.45) is 11.5 Å². The Balaban J connectivity index is 3.13. The van der Waals surface area contributed by atoms with E-state index in [-0.39, 0.29) is 0 Å². The molecule has 0 atom stereocenters. The van der Waals surface area contributed by atoms with E-state index in [0.717, 1.165) is 51.6 Å². The van der Waals surface area contributed by atoms with E-state index in [1.807, 2.05) is 0 Å². The van der Waals surface area contributed by atoms with Crippen LogP contribution in [0, 0.1) is 0 Å². The zero-order valence-corrected chi connectivity index (χ0v) is 19.3.